The van der Waals surface area contributed by atoms with Crippen LogP contribution in [0.15, 0.2) is 83.9 Å². The summed E-state index contributed by atoms with van der Waals surface area (Å²) in [5, 5.41) is 7.37. The molecule has 0 saturated carbocycles. The van der Waals surface area contributed by atoms with E-state index in [0.29, 0.717) is 42.3 Å². The molecule has 7 heteroatoms. The maximum absolute atomic E-state index is 13.1. The van der Waals surface area contributed by atoms with E-state index < -0.39 is 0 Å². The van der Waals surface area contributed by atoms with Gasteiger partial charge < -0.3 is 10.1 Å². The Morgan fingerprint density at radius 3 is 2.65 bits per heavy atom. The van der Waals surface area contributed by atoms with E-state index in [1.807, 2.05) is 6.07 Å². The largest absolute Gasteiger partial charge is 0.492 e. The average Bonchev–Trinajstić information content (AvgIpc) is 3.66. The summed E-state index contributed by atoms with van der Waals surface area (Å²) >= 11 is 0. The molecule has 2 aliphatic carbocycles. The summed E-state index contributed by atoms with van der Waals surface area (Å²) in [5.74, 6) is 1.16. The van der Waals surface area contributed by atoms with Gasteiger partial charge in [-0.25, -0.2) is 0 Å². The van der Waals surface area contributed by atoms with Gasteiger partial charge in [0.05, 0.1) is 18.3 Å². The Balaban J connectivity index is 1.07. The number of rotatable bonds is 10. The number of hydrogen-bond donors (Lipinski definition) is 1. The Morgan fingerprint density at radius 1 is 1.05 bits per heavy atom. The van der Waals surface area contributed by atoms with Crippen molar-refractivity contribution in [2.45, 2.75) is 58.4 Å². The van der Waals surface area contributed by atoms with E-state index in [9.17, 15) is 9.59 Å². The highest BCUT2D eigenvalue weighted by molar-refractivity contribution is 6.04. The van der Waals surface area contributed by atoms with Crippen LogP contribution in [0.1, 0.15) is 78.1 Å². The van der Waals surface area contributed by atoms with Crippen molar-refractivity contribution in [2.24, 2.45) is 0 Å². The van der Waals surface area contributed by atoms with Crippen molar-refractivity contribution in [3.8, 4) is 5.75 Å². The fraction of sp³-hybridized carbons (Fsp3) is 0.361. The van der Waals surface area contributed by atoms with Gasteiger partial charge in [0.15, 0.2) is 5.78 Å². The van der Waals surface area contributed by atoms with Crippen LogP contribution >= 0.6 is 0 Å². The number of nitrogens with zero attached hydrogens (tertiary/aromatic N) is 3. The minimum atomic E-state index is -0.243. The van der Waals surface area contributed by atoms with E-state index in [0.717, 1.165) is 42.1 Å². The molecule has 6 rings (SSSR count). The number of nitrogens with one attached hydrogen (secondary N) is 1. The zero-order chi connectivity index (χ0) is 29.8. The van der Waals surface area contributed by atoms with Gasteiger partial charge in [0.25, 0.3) is 5.91 Å². The maximum Gasteiger partial charge on any atom is 0.258 e. The number of carbonyl (C=O) groups is 2. The Morgan fingerprint density at radius 2 is 1.86 bits per heavy atom. The minimum Gasteiger partial charge on any atom is -0.492 e. The summed E-state index contributed by atoms with van der Waals surface area (Å²) in [5.41, 5.74) is 7.43. The van der Waals surface area contributed by atoms with Crippen LogP contribution in [0, 0.1) is 0 Å². The normalized spacial score (nSPS) is 16.9. The second kappa shape index (κ2) is 13.0. The highest BCUT2D eigenvalue weighted by Gasteiger charge is 2.24. The van der Waals surface area contributed by atoms with Gasteiger partial charge in [0, 0.05) is 30.4 Å². The van der Waals surface area contributed by atoms with Crippen LogP contribution in [0.25, 0.3) is 6.08 Å². The van der Waals surface area contributed by atoms with Gasteiger partial charge in [-0.3, -0.25) is 19.2 Å². The molecule has 2 heterocycles. The van der Waals surface area contributed by atoms with Gasteiger partial charge >= 0.3 is 0 Å². The first kappa shape index (κ1) is 28.9. The molecule has 7 nitrogen and oxygen atoms in total. The van der Waals surface area contributed by atoms with Crippen LogP contribution in [0.5, 0.6) is 5.75 Å². The summed E-state index contributed by atoms with van der Waals surface area (Å²) in [7, 11) is 0. The number of carbonyl (C=O) groups excluding carboxylic acids is 2. The number of hydrogen-bond acceptors (Lipinski definition) is 5. The lowest BCUT2D eigenvalue weighted by atomic mass is 9.93. The number of aromatic nitrogens is 2. The Bertz CT molecular complexity index is 1590. The van der Waals surface area contributed by atoms with Crippen molar-refractivity contribution in [1.82, 2.24) is 20.0 Å². The van der Waals surface area contributed by atoms with Crippen LogP contribution < -0.4 is 10.1 Å². The van der Waals surface area contributed by atoms with Crippen molar-refractivity contribution >= 4 is 17.8 Å². The summed E-state index contributed by atoms with van der Waals surface area (Å²) in [4.78, 5) is 28.4. The first-order valence-corrected chi connectivity index (χ1v) is 15.5. The molecular weight excluding hydrogens is 536 g/mol. The predicted molar refractivity (Wildman–Crippen MR) is 169 cm³/mol. The highest BCUT2D eigenvalue weighted by atomic mass is 16.5. The third-order valence-electron chi connectivity index (χ3n) is 8.55. The molecule has 0 unspecified atom stereocenters. The van der Waals surface area contributed by atoms with Gasteiger partial charge in [0.1, 0.15) is 12.4 Å². The second-order valence-electron chi connectivity index (χ2n) is 12.1. The van der Waals surface area contributed by atoms with E-state index in [2.05, 4.69) is 71.6 Å². The van der Waals surface area contributed by atoms with Gasteiger partial charge in [-0.15, -0.1) is 0 Å². The zero-order valence-electron chi connectivity index (χ0n) is 25.1. The number of ether oxygens (including phenoxy) is 1. The van der Waals surface area contributed by atoms with Crippen molar-refractivity contribution in [1.29, 1.82) is 0 Å². The third kappa shape index (κ3) is 7.05. The van der Waals surface area contributed by atoms with Gasteiger partial charge in [0.2, 0.25) is 0 Å². The van der Waals surface area contributed by atoms with Crippen LogP contribution in [-0.2, 0) is 17.8 Å². The lowest BCUT2D eigenvalue weighted by molar-refractivity contribution is -0.114. The lowest BCUT2D eigenvalue weighted by Gasteiger charge is -2.26. The number of amides is 1. The standard InChI is InChI=1S/C36H40N4O3/c1-25(2)27-8-6-26(7-9-27)23-40-24-31(22-37-40)36(42)38-32-11-13-35(41)34(21-32)30-18-28-10-12-33(20-29(28)19-30)43-17-16-39-14-4-3-5-15-39/h6-12,19-22,24-25H,3-5,13-18,23H2,1-2H3,(H,38,42). The molecule has 1 saturated heterocycles. The fourth-order valence-electron chi connectivity index (χ4n) is 5.98. The molecule has 1 amide bonds. The Kier molecular flexibility index (Phi) is 8.70. The van der Waals surface area contributed by atoms with Crippen molar-refractivity contribution < 1.29 is 14.3 Å². The molecule has 3 aliphatic rings. The monoisotopic (exact) mass is 576 g/mol. The van der Waals surface area contributed by atoms with Crippen LogP contribution in [0.3, 0.4) is 0 Å². The molecule has 0 radical (unpaired) electrons. The number of allylic oxidation sites excluding steroid dienone is 4. The molecule has 1 aromatic heterocycles. The Hall–Kier alpha value is -4.23. The van der Waals surface area contributed by atoms with Crippen molar-refractivity contribution in [2.75, 3.05) is 26.2 Å². The fourth-order valence-corrected chi connectivity index (χ4v) is 5.98. The summed E-state index contributed by atoms with van der Waals surface area (Å²) < 4.78 is 7.84. The lowest BCUT2D eigenvalue weighted by Crippen LogP contribution is -2.33. The van der Waals surface area contributed by atoms with Crippen molar-refractivity contribution in [3.63, 3.8) is 0 Å². The SMILES string of the molecule is CC(C)c1ccc(Cn2cc(C(=O)NC3=CCC(=O)C(C4=Cc5cc(OCCN6CCCCC6)ccc5C4)=C3)cn2)cc1. The molecule has 2 aromatic carbocycles. The van der Waals surface area contributed by atoms with Crippen LogP contribution in [0.4, 0.5) is 0 Å². The number of fused-ring (bicyclic) bond motifs is 1. The van der Waals surface area contributed by atoms with E-state index >= 15 is 0 Å². The highest BCUT2D eigenvalue weighted by Crippen LogP contribution is 2.34. The maximum atomic E-state index is 13.1. The molecule has 0 atom stereocenters. The topological polar surface area (TPSA) is 76.5 Å². The van der Waals surface area contributed by atoms with Crippen LogP contribution in [0.2, 0.25) is 0 Å². The average molecular weight is 577 g/mol. The number of piperidine rings is 1. The summed E-state index contributed by atoms with van der Waals surface area (Å²) in [6.07, 6.45) is 13.8. The second-order valence-corrected chi connectivity index (χ2v) is 12.1. The zero-order valence-corrected chi connectivity index (χ0v) is 25.1. The predicted octanol–water partition coefficient (Wildman–Crippen LogP) is 6.07. The molecular formula is C36H40N4O3. The quantitative estimate of drug-likeness (QED) is 0.317. The summed E-state index contributed by atoms with van der Waals surface area (Å²) in [6.45, 7) is 8.90. The molecule has 43 heavy (non-hydrogen) atoms. The molecule has 1 fully saturated rings. The third-order valence-corrected chi connectivity index (χ3v) is 8.55. The molecule has 0 spiro atoms. The first-order valence-electron chi connectivity index (χ1n) is 15.5. The molecule has 0 bridgehead atoms. The minimum absolute atomic E-state index is 0.0614. The van der Waals surface area contributed by atoms with Crippen LogP contribution in [-0.4, -0.2) is 52.6 Å². The number of likely N-dealkylation sites (tertiary alicyclic amines) is 1. The Labute approximate surface area is 253 Å². The van der Waals surface area contributed by atoms with Gasteiger partial charge in [-0.2, -0.15) is 5.10 Å². The van der Waals surface area contributed by atoms with E-state index in [1.165, 1.54) is 30.4 Å². The van der Waals surface area contributed by atoms with E-state index in [4.69, 9.17) is 4.74 Å². The molecule has 1 N–H and O–H groups in total. The smallest absolute Gasteiger partial charge is 0.258 e. The molecule has 3 aromatic rings. The van der Waals surface area contributed by atoms with Gasteiger partial charge in [-0.05, 0) is 84.3 Å². The molecule has 1 aliphatic heterocycles. The van der Waals surface area contributed by atoms with E-state index in [-0.39, 0.29) is 18.1 Å². The van der Waals surface area contributed by atoms with Gasteiger partial charge in [-0.1, -0.05) is 62.8 Å². The number of benzene rings is 2. The number of Topliss-reactive ketones (excluding diaryl/α,β-unsaturated/α-hetero) is 1. The van der Waals surface area contributed by atoms with E-state index in [1.54, 1.807) is 29.2 Å². The van der Waals surface area contributed by atoms with Crippen molar-refractivity contribution in [3.05, 3.63) is 112 Å². The number of ketones is 1. The molecule has 222 valence electrons. The summed E-state index contributed by atoms with van der Waals surface area (Å²) in [6, 6.07) is 14.7. The first-order chi connectivity index (χ1) is 20.9.